The van der Waals surface area contributed by atoms with E-state index in [4.69, 9.17) is 4.74 Å². The van der Waals surface area contributed by atoms with E-state index in [1.54, 1.807) is 5.57 Å². The van der Waals surface area contributed by atoms with Crippen molar-refractivity contribution in [3.63, 3.8) is 0 Å². The summed E-state index contributed by atoms with van der Waals surface area (Å²) in [5.74, 6) is 2.12. The third kappa shape index (κ3) is 2.92. The van der Waals surface area contributed by atoms with Crippen molar-refractivity contribution in [2.75, 3.05) is 0 Å². The van der Waals surface area contributed by atoms with Gasteiger partial charge < -0.3 is 4.74 Å². The molecule has 0 amide bonds. The molecule has 0 spiro atoms. The Kier molecular flexibility index (Phi) is 4.49. The molecule has 0 bridgehead atoms. The molecule has 0 radical (unpaired) electrons. The van der Waals surface area contributed by atoms with Crippen molar-refractivity contribution in [1.29, 1.82) is 0 Å². The van der Waals surface area contributed by atoms with Crippen LogP contribution in [0.25, 0.3) is 5.57 Å². The third-order valence-corrected chi connectivity index (χ3v) is 8.94. The standard InChI is InChI=1S/C26H33NO2/c1-17(28)29-20-10-12-25(2)19(15-20)6-7-21-23-9-8-22(18-5-4-14-27-16-18)26(23,3)13-11-24(21)25/h4-6,8,14,16,20-21,23-24H,7,9-13,15H2,1-3H3/t20-,21+,23-,24+,25-,26+/m0/s1. The van der Waals surface area contributed by atoms with Gasteiger partial charge >= 0.3 is 5.97 Å². The summed E-state index contributed by atoms with van der Waals surface area (Å²) in [6.07, 6.45) is 17.1. The van der Waals surface area contributed by atoms with E-state index >= 15 is 0 Å². The molecule has 0 aromatic carbocycles. The predicted molar refractivity (Wildman–Crippen MR) is 115 cm³/mol. The van der Waals surface area contributed by atoms with Gasteiger partial charge in [0.2, 0.25) is 0 Å². The van der Waals surface area contributed by atoms with Crippen LogP contribution in [0.1, 0.15) is 71.3 Å². The Labute approximate surface area is 174 Å². The largest absolute Gasteiger partial charge is 0.462 e. The summed E-state index contributed by atoms with van der Waals surface area (Å²) in [5.41, 5.74) is 4.99. The number of nitrogens with zero attached hydrogens (tertiary/aromatic N) is 1. The summed E-state index contributed by atoms with van der Waals surface area (Å²) in [6, 6.07) is 4.30. The maximum atomic E-state index is 11.4. The Morgan fingerprint density at radius 1 is 1.10 bits per heavy atom. The van der Waals surface area contributed by atoms with Crippen LogP contribution >= 0.6 is 0 Å². The Hall–Kier alpha value is -1.90. The number of hydrogen-bond acceptors (Lipinski definition) is 3. The lowest BCUT2D eigenvalue weighted by Crippen LogP contribution is -2.50. The molecule has 1 aromatic heterocycles. The van der Waals surface area contributed by atoms with Gasteiger partial charge in [0.25, 0.3) is 0 Å². The molecule has 2 fully saturated rings. The number of pyridine rings is 1. The minimum atomic E-state index is -0.138. The average Bonchev–Trinajstić information content (AvgIpc) is 3.06. The van der Waals surface area contributed by atoms with Gasteiger partial charge in [0, 0.05) is 25.7 Å². The zero-order chi connectivity index (χ0) is 20.2. The lowest BCUT2D eigenvalue weighted by atomic mass is 9.47. The molecule has 154 valence electrons. The fourth-order valence-electron chi connectivity index (χ4n) is 7.50. The maximum Gasteiger partial charge on any atom is 0.302 e. The van der Waals surface area contributed by atoms with Crippen LogP contribution in [0.15, 0.2) is 42.3 Å². The van der Waals surface area contributed by atoms with Gasteiger partial charge in [-0.25, -0.2) is 0 Å². The van der Waals surface area contributed by atoms with Crippen molar-refractivity contribution in [2.24, 2.45) is 28.6 Å². The van der Waals surface area contributed by atoms with E-state index < -0.39 is 0 Å². The molecular weight excluding hydrogens is 358 g/mol. The highest BCUT2D eigenvalue weighted by molar-refractivity contribution is 5.72. The van der Waals surface area contributed by atoms with Crippen LogP contribution in [0.2, 0.25) is 0 Å². The minimum Gasteiger partial charge on any atom is -0.462 e. The maximum absolute atomic E-state index is 11.4. The zero-order valence-corrected chi connectivity index (χ0v) is 18.0. The van der Waals surface area contributed by atoms with Crippen molar-refractivity contribution < 1.29 is 9.53 Å². The summed E-state index contributed by atoms with van der Waals surface area (Å²) < 4.78 is 5.58. The lowest BCUT2D eigenvalue weighted by molar-refractivity contribution is -0.148. The quantitative estimate of drug-likeness (QED) is 0.460. The molecule has 1 aromatic rings. The summed E-state index contributed by atoms with van der Waals surface area (Å²) in [7, 11) is 0. The normalized spacial score (nSPS) is 40.8. The van der Waals surface area contributed by atoms with Gasteiger partial charge in [-0.2, -0.15) is 0 Å². The first-order valence-electron chi connectivity index (χ1n) is 11.4. The Morgan fingerprint density at radius 2 is 1.93 bits per heavy atom. The summed E-state index contributed by atoms with van der Waals surface area (Å²) in [6.45, 7) is 6.56. The van der Waals surface area contributed by atoms with E-state index in [0.717, 1.165) is 37.0 Å². The second-order valence-electron chi connectivity index (χ2n) is 10.3. The summed E-state index contributed by atoms with van der Waals surface area (Å²) in [4.78, 5) is 15.8. The van der Waals surface area contributed by atoms with E-state index in [-0.39, 0.29) is 22.9 Å². The second-order valence-corrected chi connectivity index (χ2v) is 10.3. The molecule has 5 rings (SSSR count). The van der Waals surface area contributed by atoms with Gasteiger partial charge in [-0.05, 0) is 84.3 Å². The van der Waals surface area contributed by atoms with Crippen LogP contribution in [-0.4, -0.2) is 17.1 Å². The highest BCUT2D eigenvalue weighted by atomic mass is 16.5. The molecule has 0 N–H and O–H groups in total. The molecule has 4 aliphatic rings. The molecule has 3 nitrogen and oxygen atoms in total. The predicted octanol–water partition coefficient (Wildman–Crippen LogP) is 5.97. The monoisotopic (exact) mass is 391 g/mol. The van der Waals surface area contributed by atoms with E-state index in [9.17, 15) is 4.79 Å². The van der Waals surface area contributed by atoms with Gasteiger partial charge in [-0.1, -0.05) is 37.6 Å². The van der Waals surface area contributed by atoms with Crippen molar-refractivity contribution in [1.82, 2.24) is 4.98 Å². The number of carbonyl (C=O) groups excluding carboxylic acids is 1. The third-order valence-electron chi connectivity index (χ3n) is 8.94. The smallest absolute Gasteiger partial charge is 0.302 e. The first-order chi connectivity index (χ1) is 13.9. The van der Waals surface area contributed by atoms with Gasteiger partial charge in [-0.15, -0.1) is 0 Å². The number of allylic oxidation sites excluding steroid dienone is 3. The number of hydrogen-bond donors (Lipinski definition) is 0. The van der Waals surface area contributed by atoms with Gasteiger partial charge in [0.15, 0.2) is 0 Å². The SMILES string of the molecule is CC(=O)O[C@H]1CC[C@@]2(C)C(=CC[C@H]3[C@H]2CC[C@]2(C)C(c4cccnc4)=CC[C@@H]32)C1. The molecule has 2 saturated carbocycles. The molecule has 0 saturated heterocycles. The van der Waals surface area contributed by atoms with Crippen LogP contribution in [0.4, 0.5) is 0 Å². The Morgan fingerprint density at radius 3 is 2.69 bits per heavy atom. The number of esters is 1. The number of rotatable bonds is 2. The van der Waals surface area contributed by atoms with Crippen LogP contribution in [-0.2, 0) is 9.53 Å². The van der Waals surface area contributed by atoms with Crippen molar-refractivity contribution in [2.45, 2.75) is 71.8 Å². The number of carbonyl (C=O) groups is 1. The van der Waals surface area contributed by atoms with Crippen molar-refractivity contribution in [3.05, 3.63) is 47.8 Å². The molecule has 29 heavy (non-hydrogen) atoms. The van der Waals surface area contributed by atoms with Crippen molar-refractivity contribution >= 4 is 11.5 Å². The highest BCUT2D eigenvalue weighted by Crippen LogP contribution is 2.66. The fourth-order valence-corrected chi connectivity index (χ4v) is 7.50. The first-order valence-corrected chi connectivity index (χ1v) is 11.4. The second kappa shape index (κ2) is 6.82. The summed E-state index contributed by atoms with van der Waals surface area (Å²) in [5, 5.41) is 0. The fraction of sp³-hybridized carbons (Fsp3) is 0.615. The van der Waals surface area contributed by atoms with E-state index in [1.165, 1.54) is 43.7 Å². The lowest BCUT2D eigenvalue weighted by Gasteiger charge is -2.57. The summed E-state index contributed by atoms with van der Waals surface area (Å²) >= 11 is 0. The molecule has 3 heteroatoms. The van der Waals surface area contributed by atoms with Crippen LogP contribution in [0.5, 0.6) is 0 Å². The van der Waals surface area contributed by atoms with Crippen molar-refractivity contribution in [3.8, 4) is 0 Å². The van der Waals surface area contributed by atoms with Crippen LogP contribution in [0.3, 0.4) is 0 Å². The van der Waals surface area contributed by atoms with E-state index in [1.807, 2.05) is 12.4 Å². The van der Waals surface area contributed by atoms with Gasteiger partial charge in [-0.3, -0.25) is 9.78 Å². The zero-order valence-electron chi connectivity index (χ0n) is 18.0. The molecule has 1 heterocycles. The molecule has 6 atom stereocenters. The minimum absolute atomic E-state index is 0.0857. The van der Waals surface area contributed by atoms with Crippen LogP contribution < -0.4 is 0 Å². The Bertz CT molecular complexity index is 872. The van der Waals surface area contributed by atoms with Gasteiger partial charge in [0.05, 0.1) is 0 Å². The molecule has 4 aliphatic carbocycles. The number of aromatic nitrogens is 1. The number of ether oxygens (including phenoxy) is 1. The first kappa shape index (κ1) is 19.1. The Balaban J connectivity index is 1.41. The topological polar surface area (TPSA) is 39.2 Å². The van der Waals surface area contributed by atoms with Crippen LogP contribution in [0, 0.1) is 28.6 Å². The van der Waals surface area contributed by atoms with Gasteiger partial charge in [0.1, 0.15) is 6.10 Å². The number of fused-ring (bicyclic) bond motifs is 5. The van der Waals surface area contributed by atoms with E-state index in [0.29, 0.717) is 0 Å². The highest BCUT2D eigenvalue weighted by Gasteiger charge is 2.56. The molecule has 0 aliphatic heterocycles. The molecular formula is C26H33NO2. The van der Waals surface area contributed by atoms with E-state index in [2.05, 4.69) is 43.1 Å². The average molecular weight is 392 g/mol. The molecule has 0 unspecified atom stereocenters.